The summed E-state index contributed by atoms with van der Waals surface area (Å²) in [5.74, 6) is 1.95. The number of benzene rings is 2. The molecule has 2 aromatic carbocycles. The molecular weight excluding hydrogens is 458 g/mol. The Hall–Kier alpha value is -1.37. The molecule has 0 saturated carbocycles. The Balaban J connectivity index is 1.53. The van der Waals surface area contributed by atoms with E-state index in [-0.39, 0.29) is 6.10 Å². The number of halogens is 2. The average Bonchev–Trinajstić information content (AvgIpc) is 3.00. The molecule has 0 bridgehead atoms. The number of rotatable bonds is 8. The molecule has 0 fully saturated rings. The molecule has 0 aliphatic rings. The van der Waals surface area contributed by atoms with Crippen molar-refractivity contribution in [2.45, 2.75) is 39.3 Å². The number of hydrogen-bond acceptors (Lipinski definition) is 3. The number of aryl methyl sites for hydroxylation is 1. The number of para-hydroxylation sites is 2. The second-order valence-electron chi connectivity index (χ2n) is 6.52. The van der Waals surface area contributed by atoms with Gasteiger partial charge in [-0.15, -0.1) is 0 Å². The number of fused-ring (bicyclic) bond motifs is 1. The predicted octanol–water partition coefficient (Wildman–Crippen LogP) is 5.60. The summed E-state index contributed by atoms with van der Waals surface area (Å²) in [4.78, 5) is 8.00. The van der Waals surface area contributed by atoms with E-state index in [1.807, 2.05) is 38.1 Å². The molecule has 0 radical (unpaired) electrons. The van der Waals surface area contributed by atoms with Crippen molar-refractivity contribution in [3.8, 4) is 5.75 Å². The minimum absolute atomic E-state index is 0.138. The molecule has 0 unspecified atom stereocenters. The third-order valence-electron chi connectivity index (χ3n) is 3.96. The fraction of sp³-hybridized carbons (Fsp3) is 0.350. The van der Waals surface area contributed by atoms with E-state index >= 15 is 0 Å². The second kappa shape index (κ2) is 9.02. The number of aromatic amines is 1. The molecular formula is C20H23Br2N3O. The van der Waals surface area contributed by atoms with Crippen molar-refractivity contribution in [3.05, 3.63) is 56.7 Å². The Labute approximate surface area is 171 Å². The van der Waals surface area contributed by atoms with Gasteiger partial charge >= 0.3 is 0 Å². The topological polar surface area (TPSA) is 49.9 Å². The summed E-state index contributed by atoms with van der Waals surface area (Å²) < 4.78 is 7.98. The lowest BCUT2D eigenvalue weighted by atomic mass is 10.2. The summed E-state index contributed by atoms with van der Waals surface area (Å²) in [6.45, 7) is 5.76. The van der Waals surface area contributed by atoms with Crippen molar-refractivity contribution >= 4 is 42.9 Å². The number of nitrogens with one attached hydrogen (secondary N) is 2. The molecule has 138 valence electrons. The zero-order valence-electron chi connectivity index (χ0n) is 15.0. The summed E-state index contributed by atoms with van der Waals surface area (Å²) in [7, 11) is 0. The smallest absolute Gasteiger partial charge is 0.138 e. The number of ether oxygens (including phenoxy) is 1. The van der Waals surface area contributed by atoms with E-state index in [4.69, 9.17) is 4.74 Å². The number of imidazole rings is 1. The zero-order chi connectivity index (χ0) is 18.5. The number of nitrogens with zero attached hydrogens (tertiary/aromatic N) is 1. The summed E-state index contributed by atoms with van der Waals surface area (Å²) in [5.41, 5.74) is 3.28. The zero-order valence-corrected chi connectivity index (χ0v) is 18.2. The predicted molar refractivity (Wildman–Crippen MR) is 114 cm³/mol. The van der Waals surface area contributed by atoms with Gasteiger partial charge in [0.05, 0.1) is 21.6 Å². The largest absolute Gasteiger partial charge is 0.489 e. The molecule has 3 rings (SSSR count). The Morgan fingerprint density at radius 3 is 2.77 bits per heavy atom. The van der Waals surface area contributed by atoms with E-state index in [1.165, 1.54) is 0 Å². The molecule has 6 heteroatoms. The van der Waals surface area contributed by atoms with Gasteiger partial charge in [-0.1, -0.05) is 28.1 Å². The number of hydrogen-bond donors (Lipinski definition) is 2. The van der Waals surface area contributed by atoms with Crippen LogP contribution in [0.25, 0.3) is 11.0 Å². The maximum Gasteiger partial charge on any atom is 0.138 e. The first-order chi connectivity index (χ1) is 12.5. The fourth-order valence-electron chi connectivity index (χ4n) is 2.84. The summed E-state index contributed by atoms with van der Waals surface area (Å²) in [5, 5.41) is 3.51. The molecule has 0 aliphatic heterocycles. The van der Waals surface area contributed by atoms with Crippen LogP contribution < -0.4 is 10.1 Å². The molecule has 1 aromatic heterocycles. The SMILES string of the molecule is CC(C)Oc1c(Br)cc(Br)cc1CNCCCc1nc2ccccc2[nH]1. The molecule has 3 aromatic rings. The van der Waals surface area contributed by atoms with Gasteiger partial charge < -0.3 is 15.0 Å². The van der Waals surface area contributed by atoms with Gasteiger partial charge in [0, 0.05) is 23.0 Å². The van der Waals surface area contributed by atoms with E-state index in [0.717, 1.165) is 63.0 Å². The standard InChI is InChI=1S/C20H23Br2N3O/c1-13(2)26-20-14(10-15(21)11-16(20)22)12-23-9-5-8-19-24-17-6-3-4-7-18(17)25-19/h3-4,6-7,10-11,13,23H,5,8-9,12H2,1-2H3,(H,24,25). The second-order valence-corrected chi connectivity index (χ2v) is 8.29. The quantitative estimate of drug-likeness (QED) is 0.412. The number of aromatic nitrogens is 2. The average molecular weight is 481 g/mol. The Morgan fingerprint density at radius 1 is 1.19 bits per heavy atom. The van der Waals surface area contributed by atoms with Crippen LogP contribution in [-0.2, 0) is 13.0 Å². The van der Waals surface area contributed by atoms with Crippen molar-refractivity contribution in [3.63, 3.8) is 0 Å². The summed E-state index contributed by atoms with van der Waals surface area (Å²) in [6, 6.07) is 12.3. The molecule has 0 spiro atoms. The van der Waals surface area contributed by atoms with E-state index in [9.17, 15) is 0 Å². The van der Waals surface area contributed by atoms with Gasteiger partial charge in [0.15, 0.2) is 0 Å². The third-order valence-corrected chi connectivity index (χ3v) is 5.01. The van der Waals surface area contributed by atoms with Crippen molar-refractivity contribution in [1.82, 2.24) is 15.3 Å². The molecule has 0 atom stereocenters. The van der Waals surface area contributed by atoms with Crippen LogP contribution in [0.1, 0.15) is 31.7 Å². The highest BCUT2D eigenvalue weighted by molar-refractivity contribution is 9.11. The van der Waals surface area contributed by atoms with Gasteiger partial charge in [0.2, 0.25) is 0 Å². The maximum atomic E-state index is 5.97. The van der Waals surface area contributed by atoms with Gasteiger partial charge in [-0.2, -0.15) is 0 Å². The van der Waals surface area contributed by atoms with Crippen LogP contribution >= 0.6 is 31.9 Å². The van der Waals surface area contributed by atoms with Gasteiger partial charge in [0.25, 0.3) is 0 Å². The minimum Gasteiger partial charge on any atom is -0.489 e. The van der Waals surface area contributed by atoms with Crippen LogP contribution in [0.2, 0.25) is 0 Å². The van der Waals surface area contributed by atoms with Gasteiger partial charge in [-0.05, 0) is 67.0 Å². The first kappa shape index (κ1) is 19.4. The lowest BCUT2D eigenvalue weighted by molar-refractivity contribution is 0.238. The molecule has 0 aliphatic carbocycles. The van der Waals surface area contributed by atoms with Crippen LogP contribution in [0, 0.1) is 0 Å². The van der Waals surface area contributed by atoms with Crippen LogP contribution in [0.15, 0.2) is 45.3 Å². The Kier molecular flexibility index (Phi) is 6.73. The lowest BCUT2D eigenvalue weighted by Gasteiger charge is -2.17. The molecule has 0 amide bonds. The van der Waals surface area contributed by atoms with Gasteiger partial charge in [-0.25, -0.2) is 4.98 Å². The van der Waals surface area contributed by atoms with Crippen molar-refractivity contribution in [2.75, 3.05) is 6.54 Å². The maximum absolute atomic E-state index is 5.97. The highest BCUT2D eigenvalue weighted by Crippen LogP contribution is 2.33. The monoisotopic (exact) mass is 479 g/mol. The van der Waals surface area contributed by atoms with E-state index in [0.29, 0.717) is 0 Å². The van der Waals surface area contributed by atoms with Crippen LogP contribution in [0.4, 0.5) is 0 Å². The van der Waals surface area contributed by atoms with Crippen molar-refractivity contribution in [1.29, 1.82) is 0 Å². The van der Waals surface area contributed by atoms with Gasteiger partial charge in [0.1, 0.15) is 11.6 Å². The van der Waals surface area contributed by atoms with Crippen LogP contribution in [0.5, 0.6) is 5.75 Å². The molecule has 2 N–H and O–H groups in total. The van der Waals surface area contributed by atoms with Crippen molar-refractivity contribution < 1.29 is 4.74 Å². The fourth-order valence-corrected chi connectivity index (χ4v) is 4.25. The lowest BCUT2D eigenvalue weighted by Crippen LogP contribution is -2.17. The van der Waals surface area contributed by atoms with Crippen molar-refractivity contribution in [2.24, 2.45) is 0 Å². The molecule has 0 saturated heterocycles. The normalized spacial score (nSPS) is 11.4. The van der Waals surface area contributed by atoms with E-state index in [2.05, 4.69) is 59.3 Å². The molecule has 1 heterocycles. The third kappa shape index (κ3) is 5.09. The van der Waals surface area contributed by atoms with Crippen LogP contribution in [-0.4, -0.2) is 22.6 Å². The Morgan fingerprint density at radius 2 is 2.00 bits per heavy atom. The highest BCUT2D eigenvalue weighted by Gasteiger charge is 2.11. The minimum atomic E-state index is 0.138. The van der Waals surface area contributed by atoms with E-state index in [1.54, 1.807) is 0 Å². The molecule has 26 heavy (non-hydrogen) atoms. The number of H-pyrrole nitrogens is 1. The summed E-state index contributed by atoms with van der Waals surface area (Å²) >= 11 is 7.16. The highest BCUT2D eigenvalue weighted by atomic mass is 79.9. The summed E-state index contributed by atoms with van der Waals surface area (Å²) in [6.07, 6.45) is 2.09. The first-order valence-electron chi connectivity index (χ1n) is 8.82. The molecule has 4 nitrogen and oxygen atoms in total. The van der Waals surface area contributed by atoms with E-state index < -0.39 is 0 Å². The van der Waals surface area contributed by atoms with Gasteiger partial charge in [-0.3, -0.25) is 0 Å². The first-order valence-corrected chi connectivity index (χ1v) is 10.4. The van der Waals surface area contributed by atoms with Crippen LogP contribution in [0.3, 0.4) is 0 Å². The Bertz CT molecular complexity index is 844.